The zero-order valence-corrected chi connectivity index (χ0v) is 13.4. The van der Waals surface area contributed by atoms with E-state index in [-0.39, 0.29) is 11.2 Å². The zero-order valence-electron chi connectivity index (χ0n) is 13.4. The summed E-state index contributed by atoms with van der Waals surface area (Å²) in [7, 11) is 4.83. The van der Waals surface area contributed by atoms with Crippen LogP contribution in [0, 0.1) is 5.41 Å². The van der Waals surface area contributed by atoms with Gasteiger partial charge in [0, 0.05) is 25.1 Å². The molecule has 0 heterocycles. The topological polar surface area (TPSA) is 60.0 Å². The third-order valence-corrected chi connectivity index (χ3v) is 4.55. The monoisotopic (exact) mass is 295 g/mol. The molecular weight excluding hydrogens is 270 g/mol. The van der Waals surface area contributed by atoms with Crippen molar-refractivity contribution in [2.75, 3.05) is 21.3 Å². The Hall–Kier alpha value is -1.46. The van der Waals surface area contributed by atoms with Crippen molar-refractivity contribution in [3.63, 3.8) is 0 Å². The first-order valence-electron chi connectivity index (χ1n) is 7.14. The fraction of sp³-hybridized carbons (Fsp3) is 0.625. The number of phenols is 1. The number of ether oxygens (including phenoxy) is 3. The van der Waals surface area contributed by atoms with Crippen LogP contribution in [0.15, 0.2) is 12.1 Å². The molecule has 1 aromatic rings. The molecule has 1 saturated carbocycles. The number of benzene rings is 1. The van der Waals surface area contributed by atoms with Crippen LogP contribution < -0.4 is 14.8 Å². The van der Waals surface area contributed by atoms with Gasteiger partial charge in [-0.2, -0.15) is 0 Å². The van der Waals surface area contributed by atoms with E-state index in [0.717, 1.165) is 12.0 Å². The molecule has 2 N–H and O–H groups in total. The van der Waals surface area contributed by atoms with Crippen LogP contribution in [0.5, 0.6) is 17.2 Å². The Labute approximate surface area is 126 Å². The summed E-state index contributed by atoms with van der Waals surface area (Å²) in [4.78, 5) is 0. The summed E-state index contributed by atoms with van der Waals surface area (Å²) >= 11 is 0. The maximum absolute atomic E-state index is 9.91. The molecule has 0 saturated heterocycles. The van der Waals surface area contributed by atoms with E-state index in [1.807, 2.05) is 12.1 Å². The van der Waals surface area contributed by atoms with Crippen molar-refractivity contribution in [1.82, 2.24) is 5.32 Å². The lowest BCUT2D eigenvalue weighted by atomic mass is 9.64. The van der Waals surface area contributed by atoms with Crippen LogP contribution in [0.4, 0.5) is 0 Å². The van der Waals surface area contributed by atoms with Gasteiger partial charge in [0.2, 0.25) is 5.75 Å². The minimum atomic E-state index is 0.0344. The molecule has 0 bridgehead atoms. The highest BCUT2D eigenvalue weighted by atomic mass is 16.5. The molecule has 0 aromatic heterocycles. The van der Waals surface area contributed by atoms with Crippen molar-refractivity contribution >= 4 is 0 Å². The highest BCUT2D eigenvalue weighted by Crippen LogP contribution is 2.43. The Morgan fingerprint density at radius 2 is 1.76 bits per heavy atom. The molecule has 21 heavy (non-hydrogen) atoms. The van der Waals surface area contributed by atoms with Gasteiger partial charge < -0.3 is 24.6 Å². The molecule has 2 rings (SSSR count). The minimum absolute atomic E-state index is 0.0344. The van der Waals surface area contributed by atoms with E-state index < -0.39 is 0 Å². The van der Waals surface area contributed by atoms with Gasteiger partial charge in [-0.05, 0) is 24.1 Å². The van der Waals surface area contributed by atoms with Gasteiger partial charge in [0.25, 0.3) is 0 Å². The molecule has 2 unspecified atom stereocenters. The van der Waals surface area contributed by atoms with E-state index >= 15 is 0 Å². The fourth-order valence-corrected chi connectivity index (χ4v) is 2.92. The molecule has 1 aromatic carbocycles. The number of methoxy groups -OCH3 is 3. The number of aromatic hydroxyl groups is 1. The van der Waals surface area contributed by atoms with E-state index in [9.17, 15) is 5.11 Å². The molecule has 1 aliphatic rings. The summed E-state index contributed by atoms with van der Waals surface area (Å²) < 4.78 is 15.8. The predicted octanol–water partition coefficient (Wildman–Crippen LogP) is 2.31. The lowest BCUT2D eigenvalue weighted by Gasteiger charge is -2.51. The summed E-state index contributed by atoms with van der Waals surface area (Å²) in [5, 5.41) is 13.5. The Kier molecular flexibility index (Phi) is 4.64. The number of rotatable bonds is 6. The van der Waals surface area contributed by atoms with E-state index in [1.54, 1.807) is 7.11 Å². The van der Waals surface area contributed by atoms with Crippen LogP contribution in [0.2, 0.25) is 0 Å². The highest BCUT2D eigenvalue weighted by molar-refractivity contribution is 5.52. The number of phenolic OH excluding ortho intramolecular Hbond substituents is 1. The molecule has 118 valence electrons. The van der Waals surface area contributed by atoms with Gasteiger partial charge >= 0.3 is 0 Å². The van der Waals surface area contributed by atoms with Gasteiger partial charge in [-0.1, -0.05) is 13.8 Å². The average molecular weight is 295 g/mol. The molecule has 1 aliphatic carbocycles. The Morgan fingerprint density at radius 1 is 1.19 bits per heavy atom. The quantitative estimate of drug-likeness (QED) is 0.843. The number of hydrogen-bond acceptors (Lipinski definition) is 5. The normalized spacial score (nSPS) is 23.5. The standard InChI is InChI=1S/C16H25NO4/c1-16(2)13(8-14(16)21-5)17-9-10-6-11(19-3)15(18)12(7-10)20-4/h6-7,13-14,17-18H,8-9H2,1-5H3. The lowest BCUT2D eigenvalue weighted by Crippen LogP contribution is -2.60. The lowest BCUT2D eigenvalue weighted by molar-refractivity contribution is -0.0979. The van der Waals surface area contributed by atoms with Crippen molar-refractivity contribution in [3.05, 3.63) is 17.7 Å². The van der Waals surface area contributed by atoms with Crippen LogP contribution in [0.1, 0.15) is 25.8 Å². The van der Waals surface area contributed by atoms with E-state index in [4.69, 9.17) is 14.2 Å². The van der Waals surface area contributed by atoms with Crippen molar-refractivity contribution < 1.29 is 19.3 Å². The molecule has 5 nitrogen and oxygen atoms in total. The Bertz CT molecular complexity index is 476. The van der Waals surface area contributed by atoms with Gasteiger partial charge in [0.1, 0.15) is 0 Å². The SMILES string of the molecule is COc1cc(CNC2CC(OC)C2(C)C)cc(OC)c1O. The molecule has 0 radical (unpaired) electrons. The molecular formula is C16H25NO4. The van der Waals surface area contributed by atoms with Gasteiger partial charge in [0.05, 0.1) is 20.3 Å². The Morgan fingerprint density at radius 3 is 2.19 bits per heavy atom. The second-order valence-electron chi connectivity index (χ2n) is 6.06. The number of nitrogens with one attached hydrogen (secondary N) is 1. The molecule has 0 aliphatic heterocycles. The van der Waals surface area contributed by atoms with Gasteiger partial charge in [-0.15, -0.1) is 0 Å². The highest BCUT2D eigenvalue weighted by Gasteiger charge is 2.48. The summed E-state index contributed by atoms with van der Waals surface area (Å²) in [6.45, 7) is 5.11. The number of hydrogen-bond donors (Lipinski definition) is 2. The van der Waals surface area contributed by atoms with E-state index in [0.29, 0.717) is 30.2 Å². The third-order valence-electron chi connectivity index (χ3n) is 4.55. The van der Waals surface area contributed by atoms with Gasteiger partial charge in [-0.25, -0.2) is 0 Å². The first kappa shape index (κ1) is 15.9. The van der Waals surface area contributed by atoms with Crippen molar-refractivity contribution in [2.24, 2.45) is 5.41 Å². The van der Waals surface area contributed by atoms with Crippen molar-refractivity contribution in [1.29, 1.82) is 0 Å². The summed E-state index contributed by atoms with van der Waals surface area (Å²) in [6, 6.07) is 4.06. The smallest absolute Gasteiger partial charge is 0.200 e. The Balaban J connectivity index is 2.04. The summed E-state index contributed by atoms with van der Waals surface area (Å²) in [5.74, 6) is 0.884. The fourth-order valence-electron chi connectivity index (χ4n) is 2.92. The minimum Gasteiger partial charge on any atom is -0.502 e. The van der Waals surface area contributed by atoms with Crippen LogP contribution in [-0.2, 0) is 11.3 Å². The zero-order chi connectivity index (χ0) is 15.6. The van der Waals surface area contributed by atoms with Crippen molar-refractivity contribution in [2.45, 2.75) is 39.0 Å². The summed E-state index contributed by atoms with van der Waals surface area (Å²) in [6.07, 6.45) is 1.31. The molecule has 2 atom stereocenters. The van der Waals surface area contributed by atoms with Crippen LogP contribution in [0.3, 0.4) is 0 Å². The van der Waals surface area contributed by atoms with Gasteiger partial charge in [0.15, 0.2) is 11.5 Å². The molecule has 1 fully saturated rings. The van der Waals surface area contributed by atoms with E-state index in [1.165, 1.54) is 14.2 Å². The largest absolute Gasteiger partial charge is 0.502 e. The molecule has 0 spiro atoms. The van der Waals surface area contributed by atoms with Crippen LogP contribution in [0.25, 0.3) is 0 Å². The maximum atomic E-state index is 9.91. The van der Waals surface area contributed by atoms with E-state index in [2.05, 4.69) is 19.2 Å². The second kappa shape index (κ2) is 6.12. The first-order chi connectivity index (χ1) is 9.93. The molecule has 5 heteroatoms. The average Bonchev–Trinajstić information content (AvgIpc) is 2.47. The maximum Gasteiger partial charge on any atom is 0.200 e. The second-order valence-corrected chi connectivity index (χ2v) is 6.06. The summed E-state index contributed by atoms with van der Waals surface area (Å²) in [5.41, 5.74) is 1.14. The first-order valence-corrected chi connectivity index (χ1v) is 7.14. The van der Waals surface area contributed by atoms with Gasteiger partial charge in [-0.3, -0.25) is 0 Å². The van der Waals surface area contributed by atoms with Crippen molar-refractivity contribution in [3.8, 4) is 17.2 Å². The predicted molar refractivity (Wildman–Crippen MR) is 81.0 cm³/mol. The molecule has 0 amide bonds. The van der Waals surface area contributed by atoms with Crippen LogP contribution in [-0.4, -0.2) is 38.6 Å². The third kappa shape index (κ3) is 2.94. The van der Waals surface area contributed by atoms with Crippen LogP contribution >= 0.6 is 0 Å².